The molecule has 0 aliphatic carbocycles. The topological polar surface area (TPSA) is 101 Å². The van der Waals surface area contributed by atoms with Gasteiger partial charge in [0.05, 0.1) is 4.90 Å². The van der Waals surface area contributed by atoms with Crippen molar-refractivity contribution in [3.05, 3.63) is 107 Å². The second-order valence-electron chi connectivity index (χ2n) is 8.36. The van der Waals surface area contributed by atoms with Crippen LogP contribution in [0.25, 0.3) is 0 Å². The second-order valence-corrected chi connectivity index (χ2v) is 11.1. The van der Waals surface area contributed by atoms with Gasteiger partial charge in [-0.1, -0.05) is 29.8 Å². The first-order chi connectivity index (χ1) is 17.2. The van der Waals surface area contributed by atoms with Crippen LogP contribution in [0.15, 0.2) is 88.7 Å². The molecule has 0 aliphatic rings. The molecule has 184 valence electrons. The van der Waals surface area contributed by atoms with Crippen molar-refractivity contribution >= 4 is 39.3 Å². The molecule has 0 spiro atoms. The fourth-order valence-electron chi connectivity index (χ4n) is 3.42. The fourth-order valence-corrected chi connectivity index (χ4v) is 5.22. The molecule has 0 aliphatic heterocycles. The number of anilines is 2. The summed E-state index contributed by atoms with van der Waals surface area (Å²) in [4.78, 5) is 22.1. The van der Waals surface area contributed by atoms with E-state index in [1.165, 1.54) is 22.6 Å². The third kappa shape index (κ3) is 6.71. The van der Waals surface area contributed by atoms with Gasteiger partial charge < -0.3 is 5.32 Å². The minimum Gasteiger partial charge on any atom is -0.322 e. The number of thioether (sulfide) groups is 1. The molecule has 0 saturated heterocycles. The number of hydrogen-bond acceptors (Lipinski definition) is 6. The number of nitrogens with one attached hydrogen (secondary N) is 2. The maximum Gasteiger partial charge on any atom is 0.264 e. The zero-order valence-electron chi connectivity index (χ0n) is 20.1. The lowest BCUT2D eigenvalue weighted by Gasteiger charge is -2.10. The predicted octanol–water partition coefficient (Wildman–Crippen LogP) is 5.75. The summed E-state index contributed by atoms with van der Waals surface area (Å²) in [5.74, 6) is 0.554. The Morgan fingerprint density at radius 1 is 0.833 bits per heavy atom. The van der Waals surface area contributed by atoms with Crippen LogP contribution in [0, 0.1) is 20.8 Å². The van der Waals surface area contributed by atoms with E-state index in [1.54, 1.807) is 55.9 Å². The maximum absolute atomic E-state index is 12.7. The SMILES string of the molecule is Cc1ccc(SCc2ccc(C(=O)Nc3ccc(S(=O)(=O)Nc4nc(C)cc(C)n4)cc3)cc2)cc1. The number of carbonyl (C=O) groups excluding carboxylic acids is 1. The minimum absolute atomic E-state index is 0.0191. The average molecular weight is 519 g/mol. The molecular formula is C27H26N4O3S2. The largest absolute Gasteiger partial charge is 0.322 e. The van der Waals surface area contributed by atoms with Crippen LogP contribution >= 0.6 is 11.8 Å². The van der Waals surface area contributed by atoms with E-state index in [-0.39, 0.29) is 16.8 Å². The number of nitrogens with zero attached hydrogens (tertiary/aromatic N) is 2. The van der Waals surface area contributed by atoms with E-state index >= 15 is 0 Å². The van der Waals surface area contributed by atoms with Gasteiger partial charge in [-0.05, 0) is 80.9 Å². The third-order valence-corrected chi connectivity index (χ3v) is 7.70. The Balaban J connectivity index is 1.35. The standard InChI is InChI=1S/C27H26N4O3S2/c1-18-4-12-24(13-5-18)35-17-21-6-8-22(9-7-21)26(32)30-23-10-14-25(15-11-23)36(33,34)31-27-28-19(2)16-20(3)29-27/h4-16H,17H2,1-3H3,(H,30,32)(H,28,29,31). The third-order valence-electron chi connectivity index (χ3n) is 5.27. The van der Waals surface area contributed by atoms with Crippen molar-refractivity contribution in [1.29, 1.82) is 0 Å². The average Bonchev–Trinajstić information content (AvgIpc) is 2.83. The van der Waals surface area contributed by atoms with Gasteiger partial charge in [0, 0.05) is 33.3 Å². The lowest BCUT2D eigenvalue weighted by atomic mass is 10.1. The number of amides is 1. The van der Waals surface area contributed by atoms with Crippen LogP contribution in [0.1, 0.15) is 32.9 Å². The monoisotopic (exact) mass is 518 g/mol. The number of sulfonamides is 1. The van der Waals surface area contributed by atoms with Gasteiger partial charge in [0.1, 0.15) is 0 Å². The summed E-state index contributed by atoms with van der Waals surface area (Å²) < 4.78 is 27.8. The molecule has 0 saturated carbocycles. The van der Waals surface area contributed by atoms with Gasteiger partial charge in [-0.25, -0.2) is 23.1 Å². The first-order valence-electron chi connectivity index (χ1n) is 11.2. The van der Waals surface area contributed by atoms with E-state index in [0.717, 1.165) is 11.3 Å². The molecule has 0 bridgehead atoms. The fraction of sp³-hybridized carbons (Fsp3) is 0.148. The van der Waals surface area contributed by atoms with Crippen LogP contribution in [0.4, 0.5) is 11.6 Å². The van der Waals surface area contributed by atoms with E-state index in [0.29, 0.717) is 22.6 Å². The van der Waals surface area contributed by atoms with Gasteiger partial charge >= 0.3 is 0 Å². The molecule has 9 heteroatoms. The molecule has 36 heavy (non-hydrogen) atoms. The molecule has 1 heterocycles. The summed E-state index contributed by atoms with van der Waals surface area (Å²) in [5.41, 5.74) is 4.68. The van der Waals surface area contributed by atoms with E-state index in [4.69, 9.17) is 0 Å². The Labute approximate surface area is 215 Å². The summed E-state index contributed by atoms with van der Waals surface area (Å²) in [6, 6.07) is 23.5. The molecule has 1 aromatic heterocycles. The van der Waals surface area contributed by atoms with Crippen LogP contribution in [0.2, 0.25) is 0 Å². The summed E-state index contributed by atoms with van der Waals surface area (Å²) >= 11 is 1.74. The van der Waals surface area contributed by atoms with Gasteiger partial charge in [0.15, 0.2) is 0 Å². The molecule has 2 N–H and O–H groups in total. The van der Waals surface area contributed by atoms with Crippen molar-refractivity contribution in [2.75, 3.05) is 10.0 Å². The Kier molecular flexibility index (Phi) is 7.71. The molecule has 7 nitrogen and oxygen atoms in total. The number of aromatic nitrogens is 2. The van der Waals surface area contributed by atoms with Crippen molar-refractivity contribution in [3.8, 4) is 0 Å². The Morgan fingerprint density at radius 2 is 1.44 bits per heavy atom. The summed E-state index contributed by atoms with van der Waals surface area (Å²) in [7, 11) is -3.87. The van der Waals surface area contributed by atoms with Crippen LogP contribution in [0.3, 0.4) is 0 Å². The molecule has 0 fully saturated rings. The highest BCUT2D eigenvalue weighted by Crippen LogP contribution is 2.23. The highest BCUT2D eigenvalue weighted by molar-refractivity contribution is 7.98. The Morgan fingerprint density at radius 3 is 2.06 bits per heavy atom. The minimum atomic E-state index is -3.87. The Hall–Kier alpha value is -3.69. The van der Waals surface area contributed by atoms with Crippen LogP contribution < -0.4 is 10.0 Å². The maximum atomic E-state index is 12.7. The van der Waals surface area contributed by atoms with Crippen LogP contribution in [0.5, 0.6) is 0 Å². The number of aryl methyl sites for hydroxylation is 3. The van der Waals surface area contributed by atoms with Gasteiger partial charge in [-0.15, -0.1) is 11.8 Å². The number of benzene rings is 3. The Bertz CT molecular complexity index is 1450. The molecule has 1 amide bonds. The predicted molar refractivity (Wildman–Crippen MR) is 144 cm³/mol. The molecule has 4 aromatic rings. The number of rotatable bonds is 8. The first kappa shape index (κ1) is 25.4. The van der Waals surface area contributed by atoms with E-state index < -0.39 is 10.0 Å². The number of carbonyl (C=O) groups is 1. The first-order valence-corrected chi connectivity index (χ1v) is 13.7. The summed E-state index contributed by atoms with van der Waals surface area (Å²) in [5, 5.41) is 2.80. The van der Waals surface area contributed by atoms with Crippen molar-refractivity contribution in [3.63, 3.8) is 0 Å². The van der Waals surface area contributed by atoms with Crippen molar-refractivity contribution in [2.45, 2.75) is 36.3 Å². The second kappa shape index (κ2) is 10.9. The summed E-state index contributed by atoms with van der Waals surface area (Å²) in [6.07, 6.45) is 0. The normalized spacial score (nSPS) is 11.2. The summed E-state index contributed by atoms with van der Waals surface area (Å²) in [6.45, 7) is 5.60. The lowest BCUT2D eigenvalue weighted by molar-refractivity contribution is 0.102. The van der Waals surface area contributed by atoms with E-state index in [1.807, 2.05) is 12.1 Å². The van der Waals surface area contributed by atoms with Crippen LogP contribution in [-0.4, -0.2) is 24.3 Å². The van der Waals surface area contributed by atoms with Crippen molar-refractivity contribution < 1.29 is 13.2 Å². The highest BCUT2D eigenvalue weighted by atomic mass is 32.2. The van der Waals surface area contributed by atoms with Crippen molar-refractivity contribution in [1.82, 2.24) is 9.97 Å². The van der Waals surface area contributed by atoms with Gasteiger partial charge in [-0.2, -0.15) is 0 Å². The quantitative estimate of drug-likeness (QED) is 0.288. The van der Waals surface area contributed by atoms with Crippen molar-refractivity contribution in [2.24, 2.45) is 0 Å². The zero-order valence-corrected chi connectivity index (χ0v) is 21.8. The van der Waals surface area contributed by atoms with Gasteiger partial charge in [0.2, 0.25) is 5.95 Å². The highest BCUT2D eigenvalue weighted by Gasteiger charge is 2.16. The molecular weight excluding hydrogens is 492 g/mol. The molecule has 0 radical (unpaired) electrons. The molecule has 3 aromatic carbocycles. The van der Waals surface area contributed by atoms with E-state index in [2.05, 4.69) is 51.2 Å². The van der Waals surface area contributed by atoms with Gasteiger partial charge in [-0.3, -0.25) is 4.79 Å². The van der Waals surface area contributed by atoms with Gasteiger partial charge in [0.25, 0.3) is 15.9 Å². The van der Waals surface area contributed by atoms with Crippen LogP contribution in [-0.2, 0) is 15.8 Å². The lowest BCUT2D eigenvalue weighted by Crippen LogP contribution is -2.16. The van der Waals surface area contributed by atoms with E-state index in [9.17, 15) is 13.2 Å². The number of hydrogen-bond donors (Lipinski definition) is 2. The molecule has 0 unspecified atom stereocenters. The molecule has 0 atom stereocenters. The zero-order chi connectivity index (χ0) is 25.7. The molecule has 4 rings (SSSR count). The smallest absolute Gasteiger partial charge is 0.264 e.